The summed E-state index contributed by atoms with van der Waals surface area (Å²) in [6.07, 6.45) is 2.34. The Labute approximate surface area is 121 Å². The summed E-state index contributed by atoms with van der Waals surface area (Å²) in [5, 5.41) is 9.43. The topological polar surface area (TPSA) is 75.8 Å². The Hall–Kier alpha value is -3.06. The van der Waals surface area contributed by atoms with E-state index in [9.17, 15) is 5.26 Å². The van der Waals surface area contributed by atoms with Crippen LogP contribution < -0.4 is 5.73 Å². The predicted molar refractivity (Wildman–Crippen MR) is 79.3 cm³/mol. The lowest BCUT2D eigenvalue weighted by atomic mass is 9.98. The Morgan fingerprint density at radius 1 is 1.19 bits per heavy atom. The molecule has 0 atom stereocenters. The van der Waals surface area contributed by atoms with Crippen molar-refractivity contribution in [3.63, 3.8) is 0 Å². The number of hydrogen-bond donors (Lipinski definition) is 1. The molecule has 0 fully saturated rings. The largest absolute Gasteiger partial charge is 0.464 e. The molecule has 0 saturated carbocycles. The zero-order valence-electron chi connectivity index (χ0n) is 11.1. The molecule has 2 heterocycles. The molecule has 0 aliphatic heterocycles. The monoisotopic (exact) mass is 273 g/mol. The summed E-state index contributed by atoms with van der Waals surface area (Å²) in [5.74, 6) is 0.907. The van der Waals surface area contributed by atoms with Gasteiger partial charge in [0.05, 0.1) is 12.0 Å². The molecular formula is C17H11N3O. The lowest BCUT2D eigenvalue weighted by molar-refractivity contribution is 0.581. The highest BCUT2D eigenvalue weighted by molar-refractivity contribution is 5.86. The van der Waals surface area contributed by atoms with Crippen molar-refractivity contribution >= 4 is 5.82 Å². The summed E-state index contributed by atoms with van der Waals surface area (Å²) in [6.45, 7) is 0. The van der Waals surface area contributed by atoms with E-state index in [1.807, 2.05) is 30.3 Å². The van der Waals surface area contributed by atoms with Crippen LogP contribution in [0.25, 0.3) is 22.6 Å². The van der Waals surface area contributed by atoms with E-state index in [-0.39, 0.29) is 5.82 Å². The van der Waals surface area contributed by atoms with Crippen LogP contribution >= 0.6 is 0 Å². The van der Waals surface area contributed by atoms with E-state index in [4.69, 9.17) is 10.2 Å². The molecule has 2 aromatic heterocycles. The van der Waals surface area contributed by atoms with Crippen molar-refractivity contribution in [2.45, 2.75) is 6.42 Å². The van der Waals surface area contributed by atoms with Crippen LogP contribution in [0.1, 0.15) is 16.7 Å². The number of aromatic nitrogens is 1. The highest BCUT2D eigenvalue weighted by atomic mass is 16.3. The van der Waals surface area contributed by atoms with Crippen LogP contribution in [-0.2, 0) is 6.42 Å². The van der Waals surface area contributed by atoms with Gasteiger partial charge in [0.1, 0.15) is 23.2 Å². The van der Waals surface area contributed by atoms with Crippen molar-refractivity contribution in [1.82, 2.24) is 4.98 Å². The molecule has 0 bridgehead atoms. The number of nitrogens with zero attached hydrogens (tertiary/aromatic N) is 2. The molecule has 1 aliphatic rings. The summed E-state index contributed by atoms with van der Waals surface area (Å²) in [4.78, 5) is 4.45. The van der Waals surface area contributed by atoms with Gasteiger partial charge in [-0.3, -0.25) is 0 Å². The third-order valence-electron chi connectivity index (χ3n) is 3.85. The third kappa shape index (κ3) is 1.58. The van der Waals surface area contributed by atoms with Gasteiger partial charge in [0.25, 0.3) is 0 Å². The highest BCUT2D eigenvalue weighted by Gasteiger charge is 2.27. The van der Waals surface area contributed by atoms with E-state index in [1.165, 1.54) is 5.56 Å². The zero-order chi connectivity index (χ0) is 14.4. The van der Waals surface area contributed by atoms with Gasteiger partial charge in [-0.05, 0) is 23.3 Å². The Kier molecular flexibility index (Phi) is 2.36. The second-order valence-corrected chi connectivity index (χ2v) is 5.00. The van der Waals surface area contributed by atoms with Crippen LogP contribution in [0, 0.1) is 11.3 Å². The molecule has 21 heavy (non-hydrogen) atoms. The summed E-state index contributed by atoms with van der Waals surface area (Å²) in [5.41, 5.74) is 11.3. The number of furan rings is 1. The molecule has 0 unspecified atom stereocenters. The van der Waals surface area contributed by atoms with Crippen LogP contribution in [0.2, 0.25) is 0 Å². The van der Waals surface area contributed by atoms with Gasteiger partial charge in [-0.25, -0.2) is 4.98 Å². The number of nitriles is 1. The minimum Gasteiger partial charge on any atom is -0.464 e. The van der Waals surface area contributed by atoms with Crippen LogP contribution in [0.5, 0.6) is 0 Å². The molecule has 4 rings (SSSR count). The second kappa shape index (κ2) is 4.22. The average Bonchev–Trinajstić information content (AvgIpc) is 3.13. The molecule has 0 radical (unpaired) electrons. The Balaban J connectivity index is 2.09. The van der Waals surface area contributed by atoms with Crippen LogP contribution in [0.4, 0.5) is 5.82 Å². The van der Waals surface area contributed by atoms with Crippen LogP contribution in [-0.4, -0.2) is 4.98 Å². The highest BCUT2D eigenvalue weighted by Crippen LogP contribution is 2.43. The van der Waals surface area contributed by atoms with E-state index >= 15 is 0 Å². The maximum Gasteiger partial charge on any atom is 0.142 e. The Morgan fingerprint density at radius 3 is 2.81 bits per heavy atom. The quantitative estimate of drug-likeness (QED) is 0.577. The number of nitrogens with two attached hydrogens (primary N) is 1. The van der Waals surface area contributed by atoms with Crippen LogP contribution in [0.15, 0.2) is 47.1 Å². The standard InChI is InChI=1S/C17H11N3O/c18-9-13-15(14-6-3-7-21-14)12-8-10-4-1-2-5-11(10)16(12)20-17(13)19/h1-7H,8H2,(H2,19,20). The maximum absolute atomic E-state index is 9.43. The lowest BCUT2D eigenvalue weighted by Gasteiger charge is -2.10. The van der Waals surface area contributed by atoms with Gasteiger partial charge in [0.15, 0.2) is 0 Å². The summed E-state index contributed by atoms with van der Waals surface area (Å²) < 4.78 is 5.51. The SMILES string of the molecule is N#Cc1c(N)nc2c(c1-c1ccco1)Cc1ccccc1-2. The molecular weight excluding hydrogens is 262 g/mol. The Bertz CT molecular complexity index is 889. The van der Waals surface area contributed by atoms with Crippen molar-refractivity contribution in [3.8, 4) is 28.7 Å². The van der Waals surface area contributed by atoms with Gasteiger partial charge in [-0.15, -0.1) is 0 Å². The van der Waals surface area contributed by atoms with Gasteiger partial charge in [0, 0.05) is 17.5 Å². The number of pyridine rings is 1. The fraction of sp³-hybridized carbons (Fsp3) is 0.0588. The number of fused-ring (bicyclic) bond motifs is 3. The molecule has 4 heteroatoms. The lowest BCUT2D eigenvalue weighted by Crippen LogP contribution is -2.02. The van der Waals surface area contributed by atoms with E-state index in [0.29, 0.717) is 11.3 Å². The number of anilines is 1. The predicted octanol–water partition coefficient (Wildman–Crippen LogP) is 3.37. The molecule has 3 aromatic rings. The van der Waals surface area contributed by atoms with E-state index in [2.05, 4.69) is 17.1 Å². The molecule has 4 nitrogen and oxygen atoms in total. The first-order chi connectivity index (χ1) is 10.3. The van der Waals surface area contributed by atoms with Gasteiger partial charge in [-0.2, -0.15) is 5.26 Å². The Morgan fingerprint density at radius 2 is 2.05 bits per heavy atom. The first-order valence-electron chi connectivity index (χ1n) is 6.64. The minimum absolute atomic E-state index is 0.249. The number of hydrogen-bond acceptors (Lipinski definition) is 4. The number of nitrogen functional groups attached to an aromatic ring is 1. The van der Waals surface area contributed by atoms with E-state index in [0.717, 1.165) is 28.8 Å². The molecule has 1 aromatic carbocycles. The molecule has 1 aliphatic carbocycles. The smallest absolute Gasteiger partial charge is 0.142 e. The van der Waals surface area contributed by atoms with Crippen molar-refractivity contribution in [2.75, 3.05) is 5.73 Å². The van der Waals surface area contributed by atoms with Crippen molar-refractivity contribution in [3.05, 3.63) is 59.4 Å². The average molecular weight is 273 g/mol. The summed E-state index contributed by atoms with van der Waals surface area (Å²) in [6, 6.07) is 13.9. The summed E-state index contributed by atoms with van der Waals surface area (Å²) >= 11 is 0. The molecule has 100 valence electrons. The maximum atomic E-state index is 9.43. The third-order valence-corrected chi connectivity index (χ3v) is 3.85. The summed E-state index contributed by atoms with van der Waals surface area (Å²) in [7, 11) is 0. The zero-order valence-corrected chi connectivity index (χ0v) is 11.1. The van der Waals surface area contributed by atoms with Gasteiger partial charge < -0.3 is 10.2 Å². The van der Waals surface area contributed by atoms with Gasteiger partial charge in [0.2, 0.25) is 0 Å². The first kappa shape index (κ1) is 11.7. The molecule has 0 saturated heterocycles. The fourth-order valence-corrected chi connectivity index (χ4v) is 2.94. The number of benzene rings is 1. The van der Waals surface area contributed by atoms with Gasteiger partial charge in [-0.1, -0.05) is 24.3 Å². The normalized spacial score (nSPS) is 11.8. The van der Waals surface area contributed by atoms with Crippen molar-refractivity contribution < 1.29 is 4.42 Å². The molecule has 0 spiro atoms. The second-order valence-electron chi connectivity index (χ2n) is 5.00. The molecule has 0 amide bonds. The number of rotatable bonds is 1. The first-order valence-corrected chi connectivity index (χ1v) is 6.64. The van der Waals surface area contributed by atoms with E-state index < -0.39 is 0 Å². The van der Waals surface area contributed by atoms with E-state index in [1.54, 1.807) is 6.26 Å². The molecule has 2 N–H and O–H groups in total. The van der Waals surface area contributed by atoms with Crippen molar-refractivity contribution in [2.24, 2.45) is 0 Å². The van der Waals surface area contributed by atoms with Crippen LogP contribution in [0.3, 0.4) is 0 Å². The van der Waals surface area contributed by atoms with Crippen molar-refractivity contribution in [1.29, 1.82) is 5.26 Å². The minimum atomic E-state index is 0.249. The fourth-order valence-electron chi connectivity index (χ4n) is 2.94. The van der Waals surface area contributed by atoms with Gasteiger partial charge >= 0.3 is 0 Å².